The van der Waals surface area contributed by atoms with E-state index in [1.165, 1.54) is 0 Å². The SMILES string of the molecule is CCOC(=O)c1cc(OC(C)C)[nH]c1CC. The number of nitrogens with one attached hydrogen (secondary N) is 1. The average Bonchev–Trinajstić information content (AvgIpc) is 2.60. The molecule has 1 heterocycles. The lowest BCUT2D eigenvalue weighted by Crippen LogP contribution is -2.06. The highest BCUT2D eigenvalue weighted by Crippen LogP contribution is 2.19. The van der Waals surface area contributed by atoms with Crippen LogP contribution in [-0.2, 0) is 11.2 Å². The number of esters is 1. The highest BCUT2D eigenvalue weighted by molar-refractivity contribution is 5.91. The molecule has 1 rings (SSSR count). The number of aromatic amines is 1. The molecule has 0 aliphatic rings. The van der Waals surface area contributed by atoms with Crippen LogP contribution in [0.1, 0.15) is 43.7 Å². The van der Waals surface area contributed by atoms with Crippen molar-refractivity contribution in [1.82, 2.24) is 4.98 Å². The van der Waals surface area contributed by atoms with Gasteiger partial charge in [0.05, 0.1) is 18.3 Å². The average molecular weight is 225 g/mol. The fourth-order valence-corrected chi connectivity index (χ4v) is 1.46. The first-order chi connectivity index (χ1) is 7.58. The van der Waals surface area contributed by atoms with Crippen LogP contribution in [-0.4, -0.2) is 23.7 Å². The number of aryl methyl sites for hydroxylation is 1. The number of aromatic nitrogens is 1. The summed E-state index contributed by atoms with van der Waals surface area (Å²) in [5.74, 6) is 0.323. The van der Waals surface area contributed by atoms with E-state index in [0.29, 0.717) is 18.1 Å². The van der Waals surface area contributed by atoms with Crippen LogP contribution >= 0.6 is 0 Å². The first-order valence-corrected chi connectivity index (χ1v) is 5.64. The molecule has 0 saturated carbocycles. The first kappa shape index (κ1) is 12.6. The Morgan fingerprint density at radius 3 is 2.62 bits per heavy atom. The fourth-order valence-electron chi connectivity index (χ4n) is 1.46. The molecular weight excluding hydrogens is 206 g/mol. The molecule has 0 spiro atoms. The van der Waals surface area contributed by atoms with Gasteiger partial charge in [-0.25, -0.2) is 4.79 Å². The molecule has 0 amide bonds. The predicted molar refractivity (Wildman–Crippen MR) is 61.9 cm³/mol. The molecule has 4 heteroatoms. The molecule has 0 aliphatic carbocycles. The number of hydrogen-bond donors (Lipinski definition) is 1. The van der Waals surface area contributed by atoms with Gasteiger partial charge < -0.3 is 14.5 Å². The second-order valence-electron chi connectivity index (χ2n) is 3.77. The quantitative estimate of drug-likeness (QED) is 0.783. The zero-order valence-corrected chi connectivity index (χ0v) is 10.3. The van der Waals surface area contributed by atoms with Crippen LogP contribution in [0.3, 0.4) is 0 Å². The second-order valence-corrected chi connectivity index (χ2v) is 3.77. The topological polar surface area (TPSA) is 51.3 Å². The standard InChI is InChI=1S/C12H19NO3/c1-5-10-9(12(14)15-6-2)7-11(13-10)16-8(3)4/h7-8,13H,5-6H2,1-4H3. The van der Waals surface area contributed by atoms with Gasteiger partial charge in [-0.3, -0.25) is 0 Å². The summed E-state index contributed by atoms with van der Waals surface area (Å²) < 4.78 is 10.5. The van der Waals surface area contributed by atoms with Gasteiger partial charge >= 0.3 is 5.97 Å². The third-order valence-electron chi connectivity index (χ3n) is 2.09. The summed E-state index contributed by atoms with van der Waals surface area (Å²) in [6.45, 7) is 8.04. The van der Waals surface area contributed by atoms with E-state index in [1.807, 2.05) is 20.8 Å². The van der Waals surface area contributed by atoms with Crippen molar-refractivity contribution in [3.05, 3.63) is 17.3 Å². The Labute approximate surface area is 95.9 Å². The Hall–Kier alpha value is -1.45. The van der Waals surface area contributed by atoms with Crippen LogP contribution < -0.4 is 4.74 Å². The number of H-pyrrole nitrogens is 1. The Bertz CT molecular complexity index is 355. The summed E-state index contributed by atoms with van der Waals surface area (Å²) in [5, 5.41) is 0. The van der Waals surface area contributed by atoms with E-state index in [0.717, 1.165) is 12.1 Å². The third-order valence-corrected chi connectivity index (χ3v) is 2.09. The van der Waals surface area contributed by atoms with Crippen molar-refractivity contribution in [3.63, 3.8) is 0 Å². The molecular formula is C12H19NO3. The molecule has 0 atom stereocenters. The summed E-state index contributed by atoms with van der Waals surface area (Å²) in [7, 11) is 0. The maximum atomic E-state index is 11.6. The summed E-state index contributed by atoms with van der Waals surface area (Å²) >= 11 is 0. The lowest BCUT2D eigenvalue weighted by Gasteiger charge is -2.05. The summed E-state index contributed by atoms with van der Waals surface area (Å²) in [5.41, 5.74) is 1.43. The number of ether oxygens (including phenoxy) is 2. The van der Waals surface area contributed by atoms with Crippen molar-refractivity contribution < 1.29 is 14.3 Å². The number of hydrogen-bond acceptors (Lipinski definition) is 3. The van der Waals surface area contributed by atoms with E-state index < -0.39 is 0 Å². The van der Waals surface area contributed by atoms with E-state index in [-0.39, 0.29) is 12.1 Å². The third kappa shape index (κ3) is 3.02. The summed E-state index contributed by atoms with van der Waals surface area (Å²) in [6.07, 6.45) is 0.827. The van der Waals surface area contributed by atoms with E-state index >= 15 is 0 Å². The van der Waals surface area contributed by atoms with E-state index in [2.05, 4.69) is 4.98 Å². The molecule has 0 aliphatic heterocycles. The number of carbonyl (C=O) groups excluding carboxylic acids is 1. The first-order valence-electron chi connectivity index (χ1n) is 5.64. The molecule has 90 valence electrons. The minimum Gasteiger partial charge on any atom is -0.476 e. The number of carbonyl (C=O) groups is 1. The molecule has 0 fully saturated rings. The van der Waals surface area contributed by atoms with Crippen LogP contribution in [0.15, 0.2) is 6.07 Å². The molecule has 16 heavy (non-hydrogen) atoms. The van der Waals surface area contributed by atoms with Crippen molar-refractivity contribution in [1.29, 1.82) is 0 Å². The minimum atomic E-state index is -0.297. The zero-order chi connectivity index (χ0) is 12.1. The van der Waals surface area contributed by atoms with Gasteiger partial charge in [-0.1, -0.05) is 6.92 Å². The van der Waals surface area contributed by atoms with Crippen molar-refractivity contribution in [2.45, 2.75) is 40.2 Å². The largest absolute Gasteiger partial charge is 0.476 e. The molecule has 0 saturated heterocycles. The van der Waals surface area contributed by atoms with Gasteiger partial charge in [0.2, 0.25) is 0 Å². The monoisotopic (exact) mass is 225 g/mol. The Balaban J connectivity index is 2.90. The van der Waals surface area contributed by atoms with Crippen molar-refractivity contribution in [2.24, 2.45) is 0 Å². The van der Waals surface area contributed by atoms with Gasteiger partial charge in [-0.2, -0.15) is 0 Å². The second kappa shape index (κ2) is 5.58. The van der Waals surface area contributed by atoms with Gasteiger partial charge in [0.25, 0.3) is 0 Å². The summed E-state index contributed by atoms with van der Waals surface area (Å²) in [4.78, 5) is 14.7. The van der Waals surface area contributed by atoms with Crippen molar-refractivity contribution in [3.8, 4) is 5.88 Å². The molecule has 0 unspecified atom stereocenters. The Kier molecular flexibility index (Phi) is 4.40. The van der Waals surface area contributed by atoms with Crippen LogP contribution in [0, 0.1) is 0 Å². The molecule has 1 aromatic heterocycles. The van der Waals surface area contributed by atoms with Gasteiger partial charge in [0, 0.05) is 11.8 Å². The molecule has 4 nitrogen and oxygen atoms in total. The smallest absolute Gasteiger partial charge is 0.340 e. The maximum absolute atomic E-state index is 11.6. The molecule has 1 N–H and O–H groups in total. The van der Waals surface area contributed by atoms with Gasteiger partial charge in [0.1, 0.15) is 0 Å². The lowest BCUT2D eigenvalue weighted by molar-refractivity contribution is 0.0525. The van der Waals surface area contributed by atoms with Gasteiger partial charge in [-0.05, 0) is 27.2 Å². The van der Waals surface area contributed by atoms with Crippen LogP contribution in [0.2, 0.25) is 0 Å². The number of rotatable bonds is 5. The summed E-state index contributed by atoms with van der Waals surface area (Å²) in [6, 6.07) is 1.71. The molecule has 0 radical (unpaired) electrons. The van der Waals surface area contributed by atoms with E-state index in [4.69, 9.17) is 9.47 Å². The van der Waals surface area contributed by atoms with Gasteiger partial charge in [0.15, 0.2) is 5.88 Å². The Morgan fingerprint density at radius 1 is 1.44 bits per heavy atom. The highest BCUT2D eigenvalue weighted by atomic mass is 16.5. The lowest BCUT2D eigenvalue weighted by atomic mass is 10.2. The van der Waals surface area contributed by atoms with Crippen molar-refractivity contribution >= 4 is 5.97 Å². The van der Waals surface area contributed by atoms with Crippen LogP contribution in [0.25, 0.3) is 0 Å². The van der Waals surface area contributed by atoms with Crippen molar-refractivity contribution in [2.75, 3.05) is 6.61 Å². The minimum absolute atomic E-state index is 0.0819. The molecule has 0 aromatic carbocycles. The van der Waals surface area contributed by atoms with E-state index in [1.54, 1.807) is 13.0 Å². The Morgan fingerprint density at radius 2 is 2.12 bits per heavy atom. The molecule has 0 bridgehead atoms. The normalized spacial score (nSPS) is 10.6. The highest BCUT2D eigenvalue weighted by Gasteiger charge is 2.16. The van der Waals surface area contributed by atoms with Crippen LogP contribution in [0.4, 0.5) is 0 Å². The fraction of sp³-hybridized carbons (Fsp3) is 0.583. The van der Waals surface area contributed by atoms with Gasteiger partial charge in [-0.15, -0.1) is 0 Å². The van der Waals surface area contributed by atoms with E-state index in [9.17, 15) is 4.79 Å². The van der Waals surface area contributed by atoms with Crippen LogP contribution in [0.5, 0.6) is 5.88 Å². The predicted octanol–water partition coefficient (Wildman–Crippen LogP) is 2.54. The zero-order valence-electron chi connectivity index (χ0n) is 10.3. The molecule has 1 aromatic rings. The maximum Gasteiger partial charge on any atom is 0.340 e.